The van der Waals surface area contributed by atoms with Crippen LogP contribution in [-0.2, 0) is 13.0 Å². The normalized spacial score (nSPS) is 11.4. The van der Waals surface area contributed by atoms with E-state index in [2.05, 4.69) is 26.0 Å². The first-order valence-electron chi connectivity index (χ1n) is 10.4. The van der Waals surface area contributed by atoms with E-state index in [1.807, 2.05) is 44.4 Å². The number of fused-ring (bicyclic) bond motifs is 2. The van der Waals surface area contributed by atoms with Crippen LogP contribution in [-0.4, -0.2) is 27.0 Å². The highest BCUT2D eigenvalue weighted by Gasteiger charge is 2.15. The van der Waals surface area contributed by atoms with Crippen molar-refractivity contribution in [3.05, 3.63) is 82.7 Å². The quantitative estimate of drug-likeness (QED) is 0.380. The molecule has 3 aromatic heterocycles. The van der Waals surface area contributed by atoms with Crippen molar-refractivity contribution < 1.29 is 13.9 Å². The average Bonchev–Trinajstić information content (AvgIpc) is 3.36. The molecule has 2 aromatic carbocycles. The van der Waals surface area contributed by atoms with Gasteiger partial charge < -0.3 is 19.4 Å². The molecule has 0 atom stereocenters. The topological polar surface area (TPSA) is 75.8 Å². The summed E-state index contributed by atoms with van der Waals surface area (Å²) >= 11 is 0. The molecule has 0 radical (unpaired) electrons. The van der Waals surface area contributed by atoms with Crippen LogP contribution < -0.4 is 9.47 Å². The van der Waals surface area contributed by atoms with Gasteiger partial charge in [-0.1, -0.05) is 6.07 Å². The van der Waals surface area contributed by atoms with Gasteiger partial charge >= 0.3 is 0 Å². The second kappa shape index (κ2) is 8.00. The lowest BCUT2D eigenvalue weighted by Gasteiger charge is -2.12. The summed E-state index contributed by atoms with van der Waals surface area (Å²) in [6.07, 6.45) is 4.09. The minimum Gasteiger partial charge on any atom is -0.493 e. The van der Waals surface area contributed by atoms with Crippen molar-refractivity contribution in [3.8, 4) is 11.5 Å². The molecule has 0 fully saturated rings. The van der Waals surface area contributed by atoms with E-state index in [0.29, 0.717) is 29.3 Å². The number of rotatable bonds is 6. The summed E-state index contributed by atoms with van der Waals surface area (Å²) in [5.41, 5.74) is 6.31. The summed E-state index contributed by atoms with van der Waals surface area (Å²) < 4.78 is 26.3. The van der Waals surface area contributed by atoms with Gasteiger partial charge in [0.1, 0.15) is 23.9 Å². The molecule has 0 unspecified atom stereocenters. The molecular formula is C25H23FN4O2. The predicted molar refractivity (Wildman–Crippen MR) is 122 cm³/mol. The summed E-state index contributed by atoms with van der Waals surface area (Å²) in [6.45, 7) is 4.19. The third-order valence-corrected chi connectivity index (χ3v) is 5.52. The zero-order valence-corrected chi connectivity index (χ0v) is 18.1. The third kappa shape index (κ3) is 3.77. The second-order valence-electron chi connectivity index (χ2n) is 7.99. The zero-order chi connectivity index (χ0) is 22.2. The number of hydrogen-bond acceptors (Lipinski definition) is 4. The second-order valence-corrected chi connectivity index (χ2v) is 7.99. The maximum absolute atomic E-state index is 15.0. The molecule has 5 aromatic rings. The van der Waals surface area contributed by atoms with E-state index in [1.165, 1.54) is 6.07 Å². The molecule has 7 heteroatoms. The Kier molecular flexibility index (Phi) is 5.01. The SMILES string of the molecule is COc1cc(Cc2c[nH]c3ncc(C)cc23)c(F)cc1OCc1nc2ccc(C)cc2[nH]1. The fraction of sp³-hybridized carbons (Fsp3) is 0.200. The van der Waals surface area contributed by atoms with Gasteiger partial charge in [0.05, 0.1) is 18.1 Å². The molecule has 0 spiro atoms. The van der Waals surface area contributed by atoms with Crippen LogP contribution in [0.1, 0.15) is 28.1 Å². The number of aromatic amines is 2. The first kappa shape index (κ1) is 20.1. The lowest BCUT2D eigenvalue weighted by molar-refractivity contribution is 0.275. The van der Waals surface area contributed by atoms with E-state index in [0.717, 1.165) is 38.8 Å². The van der Waals surface area contributed by atoms with Gasteiger partial charge in [0, 0.05) is 30.3 Å². The monoisotopic (exact) mass is 430 g/mol. The summed E-state index contributed by atoms with van der Waals surface area (Å²) in [7, 11) is 1.55. The summed E-state index contributed by atoms with van der Waals surface area (Å²) in [5.74, 6) is 1.12. The Labute approximate surface area is 184 Å². The highest BCUT2D eigenvalue weighted by Crippen LogP contribution is 2.33. The van der Waals surface area contributed by atoms with E-state index in [1.54, 1.807) is 13.2 Å². The van der Waals surface area contributed by atoms with Crippen molar-refractivity contribution in [1.82, 2.24) is 19.9 Å². The number of nitrogens with zero attached hydrogens (tertiary/aromatic N) is 2. The Bertz CT molecular complexity index is 1440. The molecular weight excluding hydrogens is 407 g/mol. The van der Waals surface area contributed by atoms with Gasteiger partial charge in [0.2, 0.25) is 0 Å². The number of halogens is 1. The lowest BCUT2D eigenvalue weighted by Crippen LogP contribution is -2.02. The number of nitrogens with one attached hydrogen (secondary N) is 2. The lowest BCUT2D eigenvalue weighted by atomic mass is 10.0. The fourth-order valence-electron chi connectivity index (χ4n) is 3.89. The van der Waals surface area contributed by atoms with Crippen LogP contribution >= 0.6 is 0 Å². The van der Waals surface area contributed by atoms with Crippen molar-refractivity contribution in [2.45, 2.75) is 26.9 Å². The Hall–Kier alpha value is -3.87. The molecule has 0 aliphatic carbocycles. The van der Waals surface area contributed by atoms with Gasteiger partial charge in [0.25, 0.3) is 0 Å². The zero-order valence-electron chi connectivity index (χ0n) is 18.1. The van der Waals surface area contributed by atoms with Gasteiger partial charge in [0.15, 0.2) is 11.5 Å². The molecule has 0 aliphatic heterocycles. The maximum atomic E-state index is 15.0. The maximum Gasteiger partial charge on any atom is 0.164 e. The van der Waals surface area contributed by atoms with Crippen LogP contribution in [0.25, 0.3) is 22.1 Å². The molecule has 5 rings (SSSR count). The van der Waals surface area contributed by atoms with Gasteiger partial charge in [-0.2, -0.15) is 0 Å². The Morgan fingerprint density at radius 1 is 1.00 bits per heavy atom. The standard InChI is InChI=1S/C25H23FN4O2/c1-14-4-5-20-21(7-14)30-24(29-20)13-32-23-10-19(26)16(9-22(23)31-3)8-17-12-28-25-18(17)6-15(2)11-27-25/h4-7,9-12H,8,13H2,1-3H3,(H,27,28)(H,29,30). The molecule has 0 saturated heterocycles. The summed E-state index contributed by atoms with van der Waals surface area (Å²) in [5, 5.41) is 0.990. The predicted octanol–water partition coefficient (Wildman–Crippen LogP) is 5.37. The Morgan fingerprint density at radius 3 is 2.72 bits per heavy atom. The first-order valence-corrected chi connectivity index (χ1v) is 10.4. The molecule has 162 valence electrons. The van der Waals surface area contributed by atoms with Crippen molar-refractivity contribution in [3.63, 3.8) is 0 Å². The fourth-order valence-corrected chi connectivity index (χ4v) is 3.89. The number of benzene rings is 2. The smallest absolute Gasteiger partial charge is 0.164 e. The van der Waals surface area contributed by atoms with E-state index in [-0.39, 0.29) is 12.4 Å². The molecule has 0 aliphatic rings. The van der Waals surface area contributed by atoms with Crippen molar-refractivity contribution in [2.24, 2.45) is 0 Å². The number of pyridine rings is 1. The highest BCUT2D eigenvalue weighted by molar-refractivity contribution is 5.80. The molecule has 3 heterocycles. The van der Waals surface area contributed by atoms with Gasteiger partial charge in [-0.15, -0.1) is 0 Å². The number of aryl methyl sites for hydroxylation is 2. The van der Waals surface area contributed by atoms with E-state index in [4.69, 9.17) is 9.47 Å². The number of imidazole rings is 1. The Balaban J connectivity index is 1.39. The third-order valence-electron chi connectivity index (χ3n) is 5.52. The van der Waals surface area contributed by atoms with Crippen LogP contribution in [0.2, 0.25) is 0 Å². The average molecular weight is 430 g/mol. The molecule has 0 saturated carbocycles. The summed E-state index contributed by atoms with van der Waals surface area (Å²) in [4.78, 5) is 15.3. The molecule has 0 amide bonds. The molecule has 2 N–H and O–H groups in total. The van der Waals surface area contributed by atoms with Crippen molar-refractivity contribution in [1.29, 1.82) is 0 Å². The minimum atomic E-state index is -0.351. The largest absolute Gasteiger partial charge is 0.493 e. The van der Waals surface area contributed by atoms with Crippen LogP contribution in [0.5, 0.6) is 11.5 Å². The van der Waals surface area contributed by atoms with Crippen LogP contribution in [0.15, 0.2) is 48.8 Å². The van der Waals surface area contributed by atoms with Gasteiger partial charge in [-0.25, -0.2) is 14.4 Å². The van der Waals surface area contributed by atoms with E-state index < -0.39 is 0 Å². The van der Waals surface area contributed by atoms with Crippen LogP contribution in [0, 0.1) is 19.7 Å². The molecule has 32 heavy (non-hydrogen) atoms. The van der Waals surface area contributed by atoms with E-state index >= 15 is 0 Å². The number of aromatic nitrogens is 4. The first-order chi connectivity index (χ1) is 15.5. The number of methoxy groups -OCH3 is 1. The highest BCUT2D eigenvalue weighted by atomic mass is 19.1. The van der Waals surface area contributed by atoms with Gasteiger partial charge in [-0.05, 0) is 60.4 Å². The van der Waals surface area contributed by atoms with Crippen molar-refractivity contribution in [2.75, 3.05) is 7.11 Å². The van der Waals surface area contributed by atoms with Crippen LogP contribution in [0.4, 0.5) is 4.39 Å². The molecule has 0 bridgehead atoms. The number of H-pyrrole nitrogens is 2. The number of ether oxygens (including phenoxy) is 2. The van der Waals surface area contributed by atoms with Gasteiger partial charge in [-0.3, -0.25) is 0 Å². The number of hydrogen-bond donors (Lipinski definition) is 2. The van der Waals surface area contributed by atoms with Crippen LogP contribution in [0.3, 0.4) is 0 Å². The Morgan fingerprint density at radius 2 is 1.88 bits per heavy atom. The van der Waals surface area contributed by atoms with E-state index in [9.17, 15) is 4.39 Å². The minimum absolute atomic E-state index is 0.177. The summed E-state index contributed by atoms with van der Waals surface area (Å²) in [6, 6.07) is 11.1. The van der Waals surface area contributed by atoms with Crippen molar-refractivity contribution >= 4 is 22.1 Å². The molecule has 6 nitrogen and oxygen atoms in total.